The van der Waals surface area contributed by atoms with Gasteiger partial charge in [0.25, 0.3) is 0 Å². The highest BCUT2D eigenvalue weighted by Crippen LogP contribution is 2.36. The van der Waals surface area contributed by atoms with Crippen molar-refractivity contribution >= 4 is 11.7 Å². The number of anilines is 1. The highest BCUT2D eigenvalue weighted by atomic mass is 16.5. The van der Waals surface area contributed by atoms with Crippen LogP contribution < -0.4 is 5.32 Å². The second kappa shape index (κ2) is 7.42. The number of likely N-dealkylation sites (tertiary alicyclic amines) is 1. The molecule has 2 saturated heterocycles. The highest BCUT2D eigenvalue weighted by Gasteiger charge is 2.40. The van der Waals surface area contributed by atoms with Crippen LogP contribution in [-0.4, -0.2) is 48.6 Å². The zero-order valence-corrected chi connectivity index (χ0v) is 15.1. The van der Waals surface area contributed by atoms with Crippen molar-refractivity contribution in [2.75, 3.05) is 32.1 Å². The lowest BCUT2D eigenvalue weighted by molar-refractivity contribution is -0.122. The summed E-state index contributed by atoms with van der Waals surface area (Å²) in [7, 11) is 2.16. The Morgan fingerprint density at radius 1 is 1.20 bits per heavy atom. The molecule has 1 saturated carbocycles. The number of amides is 1. The van der Waals surface area contributed by atoms with Crippen LogP contribution in [0.4, 0.5) is 5.82 Å². The molecular formula is C20H29N3O2. The summed E-state index contributed by atoms with van der Waals surface area (Å²) < 4.78 is 5.97. The van der Waals surface area contributed by atoms with Gasteiger partial charge in [0.2, 0.25) is 5.91 Å². The smallest absolute Gasteiger partial charge is 0.231 e. The summed E-state index contributed by atoms with van der Waals surface area (Å²) in [5.41, 5.74) is 1.30. The molecule has 0 bridgehead atoms. The van der Waals surface area contributed by atoms with Gasteiger partial charge < -0.3 is 15.0 Å². The zero-order chi connectivity index (χ0) is 17.2. The van der Waals surface area contributed by atoms with Crippen LogP contribution in [0.1, 0.15) is 50.0 Å². The molecule has 5 heteroatoms. The minimum atomic E-state index is -0.0403. The first-order valence-electron chi connectivity index (χ1n) is 9.77. The van der Waals surface area contributed by atoms with Crippen LogP contribution in [0, 0.1) is 11.8 Å². The molecule has 0 unspecified atom stereocenters. The summed E-state index contributed by atoms with van der Waals surface area (Å²) in [6.07, 6.45) is 8.93. The van der Waals surface area contributed by atoms with Gasteiger partial charge >= 0.3 is 0 Å². The molecular weight excluding hydrogens is 314 g/mol. The summed E-state index contributed by atoms with van der Waals surface area (Å²) in [6, 6.07) is 4.07. The Morgan fingerprint density at radius 2 is 2.00 bits per heavy atom. The Bertz CT molecular complexity index is 591. The van der Waals surface area contributed by atoms with E-state index in [1.807, 2.05) is 12.3 Å². The molecule has 0 aromatic carbocycles. The van der Waals surface area contributed by atoms with Gasteiger partial charge in [-0.1, -0.05) is 12.5 Å². The Kier molecular flexibility index (Phi) is 5.04. The van der Waals surface area contributed by atoms with Crippen LogP contribution in [-0.2, 0) is 9.53 Å². The third-order valence-electron chi connectivity index (χ3n) is 6.31. The predicted molar refractivity (Wildman–Crippen MR) is 97.5 cm³/mol. The number of nitrogens with one attached hydrogen (secondary N) is 1. The molecule has 136 valence electrons. The fourth-order valence-corrected chi connectivity index (χ4v) is 4.39. The van der Waals surface area contributed by atoms with Crippen molar-refractivity contribution < 1.29 is 9.53 Å². The van der Waals surface area contributed by atoms with Crippen LogP contribution >= 0.6 is 0 Å². The largest absolute Gasteiger partial charge is 0.377 e. The van der Waals surface area contributed by atoms with Gasteiger partial charge in [-0.15, -0.1) is 0 Å². The molecule has 0 spiro atoms. The fraction of sp³-hybridized carbons (Fsp3) is 0.700. The first-order valence-corrected chi connectivity index (χ1v) is 9.77. The van der Waals surface area contributed by atoms with E-state index in [2.05, 4.69) is 28.3 Å². The number of nitrogens with zero attached hydrogens (tertiary/aromatic N) is 2. The molecule has 4 rings (SSSR count). The van der Waals surface area contributed by atoms with Gasteiger partial charge in [-0.25, -0.2) is 4.98 Å². The number of aromatic nitrogens is 1. The average molecular weight is 343 g/mol. The molecule has 3 aliphatic rings. The van der Waals surface area contributed by atoms with Crippen LogP contribution in [0.2, 0.25) is 0 Å². The molecule has 3 heterocycles. The topological polar surface area (TPSA) is 54.5 Å². The van der Waals surface area contributed by atoms with E-state index in [-0.39, 0.29) is 17.9 Å². The summed E-state index contributed by atoms with van der Waals surface area (Å²) in [5, 5.41) is 3.02. The Labute approximate surface area is 150 Å². The van der Waals surface area contributed by atoms with Gasteiger partial charge in [0.1, 0.15) is 5.82 Å². The lowest BCUT2D eigenvalue weighted by atomic mass is 9.81. The molecule has 3 fully saturated rings. The van der Waals surface area contributed by atoms with E-state index in [4.69, 9.17) is 4.74 Å². The van der Waals surface area contributed by atoms with Crippen LogP contribution in [0.25, 0.3) is 0 Å². The quantitative estimate of drug-likeness (QED) is 0.913. The second-order valence-electron chi connectivity index (χ2n) is 7.97. The van der Waals surface area contributed by atoms with E-state index in [0.717, 1.165) is 32.4 Å². The molecule has 1 aromatic rings. The van der Waals surface area contributed by atoms with E-state index in [1.54, 1.807) is 0 Å². The number of carbonyl (C=O) groups excluding carboxylic acids is 1. The monoisotopic (exact) mass is 343 g/mol. The summed E-state index contributed by atoms with van der Waals surface area (Å²) in [6.45, 7) is 2.90. The number of hydrogen-bond acceptors (Lipinski definition) is 4. The fourth-order valence-electron chi connectivity index (χ4n) is 4.39. The van der Waals surface area contributed by atoms with Gasteiger partial charge in [0.15, 0.2) is 0 Å². The van der Waals surface area contributed by atoms with Crippen molar-refractivity contribution in [3.05, 3.63) is 23.9 Å². The molecule has 1 aromatic heterocycles. The van der Waals surface area contributed by atoms with Gasteiger partial charge in [0, 0.05) is 12.8 Å². The lowest BCUT2D eigenvalue weighted by Crippen LogP contribution is -2.40. The van der Waals surface area contributed by atoms with Crippen molar-refractivity contribution in [1.29, 1.82) is 0 Å². The van der Waals surface area contributed by atoms with Crippen LogP contribution in [0.5, 0.6) is 0 Å². The molecule has 0 radical (unpaired) electrons. The molecule has 2 atom stereocenters. The highest BCUT2D eigenvalue weighted by molar-refractivity contribution is 5.92. The van der Waals surface area contributed by atoms with E-state index in [1.165, 1.54) is 24.8 Å². The predicted octanol–water partition coefficient (Wildman–Crippen LogP) is 3.03. The Morgan fingerprint density at radius 3 is 2.64 bits per heavy atom. The van der Waals surface area contributed by atoms with Crippen molar-refractivity contribution in [3.8, 4) is 0 Å². The standard InChI is InChI=1S/C20H29N3O2/c1-23-10-7-15(8-11-23)19-17(9-12-25-19)20(24)22-18-6-5-16(13-21-18)14-3-2-4-14/h5-6,13-15,17,19H,2-4,7-12H2,1H3,(H,21,22,24)/t17-,19+/m1/s1. The van der Waals surface area contributed by atoms with Crippen molar-refractivity contribution in [2.24, 2.45) is 11.8 Å². The number of hydrogen-bond donors (Lipinski definition) is 1. The maximum Gasteiger partial charge on any atom is 0.231 e. The number of carbonyl (C=O) groups is 1. The van der Waals surface area contributed by atoms with Gasteiger partial charge in [-0.3, -0.25) is 4.79 Å². The van der Waals surface area contributed by atoms with Crippen LogP contribution in [0.15, 0.2) is 18.3 Å². The summed E-state index contributed by atoms with van der Waals surface area (Å²) in [5.74, 6) is 1.88. The molecule has 1 amide bonds. The first kappa shape index (κ1) is 17.0. The minimum absolute atomic E-state index is 0.0403. The van der Waals surface area contributed by atoms with Gasteiger partial charge in [-0.05, 0) is 75.7 Å². The number of rotatable bonds is 4. The van der Waals surface area contributed by atoms with E-state index >= 15 is 0 Å². The maximum atomic E-state index is 12.8. The zero-order valence-electron chi connectivity index (χ0n) is 15.1. The number of ether oxygens (including phenoxy) is 1. The van der Waals surface area contributed by atoms with Crippen molar-refractivity contribution in [3.63, 3.8) is 0 Å². The van der Waals surface area contributed by atoms with E-state index in [0.29, 0.717) is 24.3 Å². The average Bonchev–Trinajstić information content (AvgIpc) is 3.05. The van der Waals surface area contributed by atoms with Crippen molar-refractivity contribution in [1.82, 2.24) is 9.88 Å². The third-order valence-corrected chi connectivity index (χ3v) is 6.31. The molecule has 1 N–H and O–H groups in total. The SMILES string of the molecule is CN1CCC([C@@H]2OCC[C@H]2C(=O)Nc2ccc(C3CCC3)cn2)CC1. The van der Waals surface area contributed by atoms with Gasteiger partial charge in [0.05, 0.1) is 12.0 Å². The number of pyridine rings is 1. The lowest BCUT2D eigenvalue weighted by Gasteiger charge is -2.34. The van der Waals surface area contributed by atoms with E-state index < -0.39 is 0 Å². The molecule has 5 nitrogen and oxygen atoms in total. The second-order valence-corrected chi connectivity index (χ2v) is 7.97. The molecule has 25 heavy (non-hydrogen) atoms. The van der Waals surface area contributed by atoms with Crippen LogP contribution in [0.3, 0.4) is 0 Å². The van der Waals surface area contributed by atoms with E-state index in [9.17, 15) is 4.79 Å². The Hall–Kier alpha value is -1.46. The molecule has 1 aliphatic carbocycles. The van der Waals surface area contributed by atoms with Gasteiger partial charge in [-0.2, -0.15) is 0 Å². The normalized spacial score (nSPS) is 28.7. The maximum absolute atomic E-state index is 12.8. The van der Waals surface area contributed by atoms with Crippen molar-refractivity contribution in [2.45, 2.75) is 50.5 Å². The minimum Gasteiger partial charge on any atom is -0.377 e. The Balaban J connectivity index is 1.36. The third kappa shape index (κ3) is 3.72. The summed E-state index contributed by atoms with van der Waals surface area (Å²) in [4.78, 5) is 19.6. The summed E-state index contributed by atoms with van der Waals surface area (Å²) >= 11 is 0. The molecule has 2 aliphatic heterocycles. The number of piperidine rings is 1. The first-order chi connectivity index (χ1) is 12.2.